The molecule has 13 heavy (non-hydrogen) atoms. The molecule has 2 N–H and O–H groups in total. The Morgan fingerprint density at radius 1 is 1.46 bits per heavy atom. The van der Waals surface area contributed by atoms with Gasteiger partial charge in [-0.2, -0.15) is 0 Å². The van der Waals surface area contributed by atoms with Gasteiger partial charge in [-0.3, -0.25) is 0 Å². The monoisotopic (exact) mass is 185 g/mol. The topological polar surface area (TPSA) is 43.7 Å². The summed E-state index contributed by atoms with van der Waals surface area (Å²) in [5.41, 5.74) is -0.720. The molecule has 2 atom stereocenters. The van der Waals surface area contributed by atoms with Gasteiger partial charge in [0.2, 0.25) is 0 Å². The Balaban J connectivity index is 2.72. The van der Waals surface area contributed by atoms with E-state index >= 15 is 0 Å². The minimum atomic E-state index is -0.720. The summed E-state index contributed by atoms with van der Waals surface area (Å²) in [5.74, 6) is 0.561. The van der Waals surface area contributed by atoms with Gasteiger partial charge in [-0.05, 0) is 39.6 Å². The van der Waals surface area contributed by atoms with Crippen molar-refractivity contribution >= 4 is 7.05 Å². The summed E-state index contributed by atoms with van der Waals surface area (Å²) in [4.78, 5) is 1.98. The van der Waals surface area contributed by atoms with Crippen molar-refractivity contribution in [2.75, 3.05) is 6.54 Å². The summed E-state index contributed by atoms with van der Waals surface area (Å²) < 4.78 is 0. The van der Waals surface area contributed by atoms with E-state index in [2.05, 4.69) is 6.92 Å². The van der Waals surface area contributed by atoms with Gasteiger partial charge in [0.1, 0.15) is 0 Å². The number of hydrogen-bond donors (Lipinski definition) is 2. The second-order valence-corrected chi connectivity index (χ2v) is 4.84. The third-order valence-electron chi connectivity index (χ3n) is 2.84. The van der Waals surface area contributed by atoms with Crippen LogP contribution in [0, 0.1) is 5.92 Å². The third kappa shape index (κ3) is 2.45. The second-order valence-electron chi connectivity index (χ2n) is 4.84. The number of aliphatic hydroxyl groups is 1. The maximum absolute atomic E-state index is 9.90. The van der Waals surface area contributed by atoms with Crippen molar-refractivity contribution < 1.29 is 10.1 Å². The molecule has 1 fully saturated rings. The van der Waals surface area contributed by atoms with E-state index < -0.39 is 12.7 Å². The van der Waals surface area contributed by atoms with E-state index in [0.717, 1.165) is 13.0 Å². The zero-order valence-electron chi connectivity index (χ0n) is 8.99. The first-order valence-corrected chi connectivity index (χ1v) is 4.98. The van der Waals surface area contributed by atoms with Gasteiger partial charge in [-0.25, -0.2) is 0 Å². The Morgan fingerprint density at radius 2 is 2.00 bits per heavy atom. The Hall–Kier alpha value is -0.0551. The number of hydrogen-bond acceptors (Lipinski definition) is 3. The van der Waals surface area contributed by atoms with Crippen molar-refractivity contribution in [2.45, 2.75) is 45.7 Å². The molecule has 0 saturated carbocycles. The molecule has 0 amide bonds. The molecule has 1 rings (SSSR count). The van der Waals surface area contributed by atoms with Crippen LogP contribution in [0.4, 0.5) is 0 Å². The van der Waals surface area contributed by atoms with Crippen LogP contribution >= 0.6 is 0 Å². The lowest BCUT2D eigenvalue weighted by atomic mass is 9.81. The molecule has 1 saturated heterocycles. The van der Waals surface area contributed by atoms with E-state index in [1.54, 1.807) is 6.82 Å². The van der Waals surface area contributed by atoms with Crippen LogP contribution in [0.3, 0.4) is 0 Å². The predicted octanol–water partition coefficient (Wildman–Crippen LogP) is 0.578. The van der Waals surface area contributed by atoms with Crippen molar-refractivity contribution in [3.05, 3.63) is 0 Å². The summed E-state index contributed by atoms with van der Waals surface area (Å²) in [6.07, 6.45) is 0.967. The van der Waals surface area contributed by atoms with Gasteiger partial charge in [0, 0.05) is 6.04 Å². The van der Waals surface area contributed by atoms with E-state index in [9.17, 15) is 10.1 Å². The minimum Gasteiger partial charge on any atom is -0.437 e. The van der Waals surface area contributed by atoms with Crippen LogP contribution in [0.1, 0.15) is 27.2 Å². The fourth-order valence-electron chi connectivity index (χ4n) is 2.19. The highest BCUT2D eigenvalue weighted by atomic mass is 16.3. The average molecular weight is 185 g/mol. The Labute approximate surface area is 80.9 Å². The highest BCUT2D eigenvalue weighted by Gasteiger charge is 2.41. The number of rotatable bonds is 2. The van der Waals surface area contributed by atoms with Crippen molar-refractivity contribution in [1.29, 1.82) is 0 Å². The van der Waals surface area contributed by atoms with E-state index in [0.29, 0.717) is 5.92 Å². The quantitative estimate of drug-likeness (QED) is 0.618. The summed E-state index contributed by atoms with van der Waals surface area (Å²) >= 11 is 0. The lowest BCUT2D eigenvalue weighted by molar-refractivity contribution is 0.0165. The molecule has 0 unspecified atom stereocenters. The summed E-state index contributed by atoms with van der Waals surface area (Å²) in [7, 11) is -0.457. The molecule has 1 aliphatic heterocycles. The van der Waals surface area contributed by atoms with Gasteiger partial charge in [-0.1, -0.05) is 6.92 Å². The lowest BCUT2D eigenvalue weighted by Gasteiger charge is -2.34. The molecule has 0 spiro atoms. The van der Waals surface area contributed by atoms with Crippen LogP contribution in [-0.4, -0.2) is 40.2 Å². The molecular formula is C9H20BNO2. The van der Waals surface area contributed by atoms with Gasteiger partial charge >= 0.3 is 7.05 Å². The predicted molar refractivity (Wildman–Crippen MR) is 54.4 cm³/mol. The molecule has 0 radical (unpaired) electrons. The van der Waals surface area contributed by atoms with Gasteiger partial charge < -0.3 is 14.9 Å². The van der Waals surface area contributed by atoms with Crippen LogP contribution < -0.4 is 0 Å². The molecule has 0 aromatic rings. The van der Waals surface area contributed by atoms with Crippen LogP contribution in [0.25, 0.3) is 0 Å². The zero-order valence-corrected chi connectivity index (χ0v) is 8.99. The Morgan fingerprint density at radius 3 is 2.31 bits per heavy atom. The number of nitrogens with zero attached hydrogens (tertiary/aromatic N) is 1. The smallest absolute Gasteiger partial charge is 0.376 e. The average Bonchev–Trinajstić information content (AvgIpc) is 2.29. The molecular weight excluding hydrogens is 165 g/mol. The van der Waals surface area contributed by atoms with Crippen LogP contribution in [-0.2, 0) is 0 Å². The normalized spacial score (nSPS) is 30.9. The summed E-state index contributed by atoms with van der Waals surface area (Å²) in [5, 5.41) is 19.4. The maximum Gasteiger partial charge on any atom is 0.376 e. The second kappa shape index (κ2) is 3.60. The lowest BCUT2D eigenvalue weighted by Crippen LogP contribution is -2.51. The maximum atomic E-state index is 9.90. The summed E-state index contributed by atoms with van der Waals surface area (Å²) in [6, 6.07) is 0.0856. The third-order valence-corrected chi connectivity index (χ3v) is 2.84. The SMILES string of the molecule is CB(O)N1C[C@H](C)C[C@H]1C(C)(C)O. The van der Waals surface area contributed by atoms with Gasteiger partial charge in [0.25, 0.3) is 0 Å². The summed E-state index contributed by atoms with van der Waals surface area (Å²) in [6.45, 7) is 8.42. The van der Waals surface area contributed by atoms with E-state index in [1.165, 1.54) is 0 Å². The van der Waals surface area contributed by atoms with E-state index in [-0.39, 0.29) is 6.04 Å². The molecule has 0 aromatic carbocycles. The van der Waals surface area contributed by atoms with E-state index in [4.69, 9.17) is 0 Å². The van der Waals surface area contributed by atoms with Crippen LogP contribution in [0.2, 0.25) is 6.82 Å². The standard InChI is InChI=1S/C9H20BNO2/c1-7-5-8(9(2,3)12)11(6-7)10(4)13/h7-8,12-13H,5-6H2,1-4H3/t7-,8+/m1/s1. The first-order valence-electron chi connectivity index (χ1n) is 4.98. The molecule has 4 heteroatoms. The Bertz CT molecular complexity index is 179. The van der Waals surface area contributed by atoms with Crippen molar-refractivity contribution in [2.24, 2.45) is 5.92 Å². The largest absolute Gasteiger partial charge is 0.437 e. The molecule has 1 heterocycles. The first-order chi connectivity index (χ1) is 5.82. The molecule has 0 aromatic heterocycles. The molecule has 3 nitrogen and oxygen atoms in total. The molecule has 0 bridgehead atoms. The molecule has 0 aliphatic carbocycles. The molecule has 76 valence electrons. The van der Waals surface area contributed by atoms with Crippen LogP contribution in [0.15, 0.2) is 0 Å². The molecule has 1 aliphatic rings. The Kier molecular flexibility index (Phi) is 3.05. The van der Waals surface area contributed by atoms with Gasteiger partial charge in [0.05, 0.1) is 5.60 Å². The highest BCUT2D eigenvalue weighted by molar-refractivity contribution is 6.45. The van der Waals surface area contributed by atoms with Crippen molar-refractivity contribution in [3.63, 3.8) is 0 Å². The fraction of sp³-hybridized carbons (Fsp3) is 1.00. The van der Waals surface area contributed by atoms with Gasteiger partial charge in [0.15, 0.2) is 0 Å². The van der Waals surface area contributed by atoms with Crippen molar-refractivity contribution in [3.8, 4) is 0 Å². The first kappa shape index (κ1) is 11.0. The fourth-order valence-corrected chi connectivity index (χ4v) is 2.19. The highest BCUT2D eigenvalue weighted by Crippen LogP contribution is 2.30. The minimum absolute atomic E-state index is 0.0856. The van der Waals surface area contributed by atoms with Crippen LogP contribution in [0.5, 0.6) is 0 Å². The van der Waals surface area contributed by atoms with Gasteiger partial charge in [-0.15, -0.1) is 0 Å². The van der Waals surface area contributed by atoms with E-state index in [1.807, 2.05) is 18.7 Å². The van der Waals surface area contributed by atoms with Crippen molar-refractivity contribution in [1.82, 2.24) is 4.81 Å². The zero-order chi connectivity index (χ0) is 10.2.